The van der Waals surface area contributed by atoms with Crippen LogP contribution >= 0.6 is 11.6 Å². The number of anilines is 1. The molecule has 0 amide bonds. The van der Waals surface area contributed by atoms with Crippen molar-refractivity contribution >= 4 is 23.0 Å². The van der Waals surface area contributed by atoms with Gasteiger partial charge in [0.25, 0.3) is 5.69 Å². The summed E-state index contributed by atoms with van der Waals surface area (Å²) in [4.78, 5) is 10.5. The molecule has 21 heavy (non-hydrogen) atoms. The van der Waals surface area contributed by atoms with Crippen LogP contribution in [0.15, 0.2) is 42.5 Å². The maximum atomic E-state index is 11.0. The molecule has 106 valence electrons. The summed E-state index contributed by atoms with van der Waals surface area (Å²) in [6, 6.07) is 13.9. The molecule has 5 nitrogen and oxygen atoms in total. The highest BCUT2D eigenvalue weighted by Crippen LogP contribution is 2.23. The molecule has 0 spiro atoms. The Balaban J connectivity index is 2.11. The third kappa shape index (κ3) is 3.94. The van der Waals surface area contributed by atoms with Crippen molar-refractivity contribution in [1.29, 1.82) is 5.26 Å². The monoisotopic (exact) mass is 301 g/mol. The molecular weight excluding hydrogens is 290 g/mol. The zero-order valence-electron chi connectivity index (χ0n) is 11.0. The van der Waals surface area contributed by atoms with Gasteiger partial charge in [0.1, 0.15) is 0 Å². The molecule has 0 heterocycles. The molecule has 0 aliphatic carbocycles. The van der Waals surface area contributed by atoms with Crippen molar-refractivity contribution in [1.82, 2.24) is 0 Å². The highest BCUT2D eigenvalue weighted by Gasteiger charge is 2.13. The smallest absolute Gasteiger partial charge is 0.274 e. The van der Waals surface area contributed by atoms with Crippen LogP contribution in [0.25, 0.3) is 0 Å². The lowest BCUT2D eigenvalue weighted by molar-refractivity contribution is -0.385. The van der Waals surface area contributed by atoms with E-state index in [-0.39, 0.29) is 5.69 Å². The Kier molecular flexibility index (Phi) is 4.75. The van der Waals surface area contributed by atoms with Gasteiger partial charge in [0.2, 0.25) is 0 Å². The summed E-state index contributed by atoms with van der Waals surface area (Å²) < 4.78 is 0. The third-order valence-electron chi connectivity index (χ3n) is 2.96. The predicted molar refractivity (Wildman–Crippen MR) is 81.2 cm³/mol. The quantitative estimate of drug-likeness (QED) is 0.670. The molecule has 6 heteroatoms. The Morgan fingerprint density at radius 3 is 2.57 bits per heavy atom. The number of nitro groups is 1. The van der Waals surface area contributed by atoms with E-state index in [1.165, 1.54) is 12.1 Å². The van der Waals surface area contributed by atoms with Crippen molar-refractivity contribution in [3.05, 3.63) is 68.7 Å². The standard InChI is InChI=1S/C15H12ClN3O2/c16-13-3-6-15(19(20)21)12(9-13)10-18-14-4-1-11(2-5-14)7-8-17/h1-6,9,18H,7,10H2. The van der Waals surface area contributed by atoms with E-state index in [1.807, 2.05) is 24.3 Å². The second-order valence-corrected chi connectivity index (χ2v) is 4.85. The van der Waals surface area contributed by atoms with E-state index >= 15 is 0 Å². The molecule has 0 fully saturated rings. The summed E-state index contributed by atoms with van der Waals surface area (Å²) in [7, 11) is 0. The molecule has 0 aliphatic heterocycles. The minimum absolute atomic E-state index is 0.0352. The Labute approximate surface area is 126 Å². The number of hydrogen-bond acceptors (Lipinski definition) is 4. The molecule has 2 rings (SSSR count). The minimum atomic E-state index is -0.427. The van der Waals surface area contributed by atoms with Crippen molar-refractivity contribution < 1.29 is 4.92 Å². The summed E-state index contributed by atoms with van der Waals surface area (Å²) in [5.41, 5.74) is 2.31. The average molecular weight is 302 g/mol. The van der Waals surface area contributed by atoms with Crippen LogP contribution in [0.2, 0.25) is 5.02 Å². The summed E-state index contributed by atoms with van der Waals surface area (Å²) in [6.45, 7) is 0.300. The Morgan fingerprint density at radius 1 is 1.24 bits per heavy atom. The number of benzene rings is 2. The summed E-state index contributed by atoms with van der Waals surface area (Å²) in [5.74, 6) is 0. The molecule has 0 aliphatic rings. The SMILES string of the molecule is N#CCc1ccc(NCc2cc(Cl)ccc2[N+](=O)[O-])cc1. The Morgan fingerprint density at radius 2 is 1.95 bits per heavy atom. The average Bonchev–Trinajstić information content (AvgIpc) is 2.46. The van der Waals surface area contributed by atoms with Gasteiger partial charge in [-0.3, -0.25) is 10.1 Å². The Hall–Kier alpha value is -2.58. The molecule has 2 aromatic rings. The summed E-state index contributed by atoms with van der Waals surface area (Å²) >= 11 is 5.88. The maximum Gasteiger partial charge on any atom is 0.274 e. The first-order valence-corrected chi connectivity index (χ1v) is 6.60. The van der Waals surface area contributed by atoms with Crippen LogP contribution in [0.1, 0.15) is 11.1 Å². The van der Waals surface area contributed by atoms with Crippen molar-refractivity contribution in [2.75, 3.05) is 5.32 Å². The van der Waals surface area contributed by atoms with Crippen LogP contribution in [0.5, 0.6) is 0 Å². The molecular formula is C15H12ClN3O2. The van der Waals surface area contributed by atoms with Gasteiger partial charge in [-0.2, -0.15) is 5.26 Å². The van der Waals surface area contributed by atoms with E-state index in [9.17, 15) is 10.1 Å². The second kappa shape index (κ2) is 6.73. The zero-order chi connectivity index (χ0) is 15.2. The van der Waals surface area contributed by atoms with Gasteiger partial charge in [0.15, 0.2) is 0 Å². The number of rotatable bonds is 5. The largest absolute Gasteiger partial charge is 0.381 e. The van der Waals surface area contributed by atoms with E-state index in [1.54, 1.807) is 6.07 Å². The fraction of sp³-hybridized carbons (Fsp3) is 0.133. The number of halogens is 1. The first kappa shape index (κ1) is 14.8. The third-order valence-corrected chi connectivity index (χ3v) is 3.19. The number of nitrogens with one attached hydrogen (secondary N) is 1. The fourth-order valence-electron chi connectivity index (χ4n) is 1.90. The Bertz CT molecular complexity index is 693. The number of nitro benzene ring substituents is 1. The van der Waals surface area contributed by atoms with E-state index < -0.39 is 4.92 Å². The van der Waals surface area contributed by atoms with E-state index in [0.717, 1.165) is 11.3 Å². The van der Waals surface area contributed by atoms with Gasteiger partial charge in [0, 0.05) is 23.3 Å². The number of hydrogen-bond donors (Lipinski definition) is 1. The molecule has 1 N–H and O–H groups in total. The normalized spacial score (nSPS) is 9.90. The van der Waals surface area contributed by atoms with Gasteiger partial charge >= 0.3 is 0 Å². The van der Waals surface area contributed by atoms with Gasteiger partial charge in [-0.1, -0.05) is 23.7 Å². The number of nitrogens with zero attached hydrogens (tertiary/aromatic N) is 2. The molecule has 0 radical (unpaired) electrons. The van der Waals surface area contributed by atoms with Gasteiger partial charge in [0.05, 0.1) is 23.0 Å². The fourth-order valence-corrected chi connectivity index (χ4v) is 2.10. The predicted octanol–water partition coefficient (Wildman–Crippen LogP) is 3.93. The van der Waals surface area contributed by atoms with Gasteiger partial charge < -0.3 is 5.32 Å². The van der Waals surface area contributed by atoms with Gasteiger partial charge in [-0.25, -0.2) is 0 Å². The van der Waals surface area contributed by atoms with Crippen molar-refractivity contribution in [2.24, 2.45) is 0 Å². The van der Waals surface area contributed by atoms with Crippen LogP contribution in [-0.2, 0) is 13.0 Å². The minimum Gasteiger partial charge on any atom is -0.381 e. The highest BCUT2D eigenvalue weighted by atomic mass is 35.5. The summed E-state index contributed by atoms with van der Waals surface area (Å²) in [5, 5.41) is 23.1. The molecule has 0 bridgehead atoms. The highest BCUT2D eigenvalue weighted by molar-refractivity contribution is 6.30. The molecule has 0 atom stereocenters. The molecule has 0 unspecified atom stereocenters. The van der Waals surface area contributed by atoms with Crippen LogP contribution in [0.3, 0.4) is 0 Å². The number of nitriles is 1. The first-order chi connectivity index (χ1) is 10.1. The topological polar surface area (TPSA) is 79.0 Å². The van der Waals surface area contributed by atoms with E-state index in [0.29, 0.717) is 23.6 Å². The van der Waals surface area contributed by atoms with Crippen LogP contribution < -0.4 is 5.32 Å². The van der Waals surface area contributed by atoms with Crippen molar-refractivity contribution in [3.63, 3.8) is 0 Å². The molecule has 2 aromatic carbocycles. The molecule has 0 saturated heterocycles. The van der Waals surface area contributed by atoms with Crippen molar-refractivity contribution in [3.8, 4) is 6.07 Å². The van der Waals surface area contributed by atoms with Crippen LogP contribution in [0.4, 0.5) is 11.4 Å². The first-order valence-electron chi connectivity index (χ1n) is 6.22. The van der Waals surface area contributed by atoms with Crippen molar-refractivity contribution in [2.45, 2.75) is 13.0 Å². The lowest BCUT2D eigenvalue weighted by Crippen LogP contribution is -2.03. The van der Waals surface area contributed by atoms with Gasteiger partial charge in [-0.15, -0.1) is 0 Å². The van der Waals surface area contributed by atoms with Gasteiger partial charge in [-0.05, 0) is 29.8 Å². The maximum absolute atomic E-state index is 11.0. The van der Waals surface area contributed by atoms with E-state index in [4.69, 9.17) is 16.9 Å². The van der Waals surface area contributed by atoms with Crippen LogP contribution in [0, 0.1) is 21.4 Å². The summed E-state index contributed by atoms with van der Waals surface area (Å²) in [6.07, 6.45) is 0.361. The second-order valence-electron chi connectivity index (χ2n) is 4.42. The molecule has 0 saturated carbocycles. The van der Waals surface area contributed by atoms with Crippen LogP contribution in [-0.4, -0.2) is 4.92 Å². The lowest BCUT2D eigenvalue weighted by atomic mass is 10.1. The zero-order valence-corrected chi connectivity index (χ0v) is 11.8. The lowest BCUT2D eigenvalue weighted by Gasteiger charge is -2.08. The van der Waals surface area contributed by atoms with E-state index in [2.05, 4.69) is 11.4 Å². The molecule has 0 aromatic heterocycles.